The Morgan fingerprint density at radius 3 is 2.47 bits per heavy atom. The summed E-state index contributed by atoms with van der Waals surface area (Å²) in [7, 11) is 1.65. The molecule has 0 aromatic heterocycles. The van der Waals surface area contributed by atoms with E-state index in [9.17, 15) is 4.79 Å². The summed E-state index contributed by atoms with van der Waals surface area (Å²) in [5.41, 5.74) is 2.15. The third-order valence-corrected chi connectivity index (χ3v) is 2.34. The van der Waals surface area contributed by atoms with Crippen LogP contribution in [0.1, 0.15) is 30.4 Å². The number of hydrogen-bond acceptors (Lipinski definition) is 2. The SMILES string of the molecule is COCc1ccc(C(C)CC(=O)O)cc1. The molecule has 82 valence electrons. The zero-order chi connectivity index (χ0) is 11.3. The fraction of sp³-hybridized carbons (Fsp3) is 0.417. The van der Waals surface area contributed by atoms with Gasteiger partial charge in [0.25, 0.3) is 0 Å². The molecular formula is C12H16O3. The van der Waals surface area contributed by atoms with E-state index in [0.717, 1.165) is 11.1 Å². The monoisotopic (exact) mass is 208 g/mol. The summed E-state index contributed by atoms with van der Waals surface area (Å²) in [4.78, 5) is 10.5. The maximum absolute atomic E-state index is 10.5. The van der Waals surface area contributed by atoms with Crippen LogP contribution in [0.15, 0.2) is 24.3 Å². The average molecular weight is 208 g/mol. The molecule has 0 aliphatic heterocycles. The van der Waals surface area contributed by atoms with E-state index < -0.39 is 5.97 Å². The van der Waals surface area contributed by atoms with Crippen molar-refractivity contribution in [3.05, 3.63) is 35.4 Å². The quantitative estimate of drug-likeness (QED) is 0.808. The first kappa shape index (κ1) is 11.7. The molecule has 0 bridgehead atoms. The molecule has 0 saturated carbocycles. The van der Waals surface area contributed by atoms with Crippen molar-refractivity contribution in [1.29, 1.82) is 0 Å². The highest BCUT2D eigenvalue weighted by molar-refractivity contribution is 5.67. The topological polar surface area (TPSA) is 46.5 Å². The molecule has 15 heavy (non-hydrogen) atoms. The van der Waals surface area contributed by atoms with Gasteiger partial charge in [0.05, 0.1) is 13.0 Å². The molecule has 3 nitrogen and oxygen atoms in total. The number of carboxylic acids is 1. The fourth-order valence-electron chi connectivity index (χ4n) is 1.49. The molecule has 0 aliphatic rings. The zero-order valence-corrected chi connectivity index (χ0v) is 9.06. The lowest BCUT2D eigenvalue weighted by molar-refractivity contribution is -0.137. The van der Waals surface area contributed by atoms with Crippen molar-refractivity contribution in [3.8, 4) is 0 Å². The van der Waals surface area contributed by atoms with Crippen LogP contribution in [0, 0.1) is 0 Å². The molecule has 0 saturated heterocycles. The van der Waals surface area contributed by atoms with Gasteiger partial charge in [-0.1, -0.05) is 31.2 Å². The normalized spacial score (nSPS) is 12.4. The van der Waals surface area contributed by atoms with Crippen molar-refractivity contribution in [2.24, 2.45) is 0 Å². The number of rotatable bonds is 5. The summed E-state index contributed by atoms with van der Waals surface area (Å²) in [6.07, 6.45) is 0.170. The number of methoxy groups -OCH3 is 1. The van der Waals surface area contributed by atoms with Crippen molar-refractivity contribution in [2.45, 2.75) is 25.9 Å². The smallest absolute Gasteiger partial charge is 0.303 e. The Kier molecular flexibility index (Phi) is 4.31. The van der Waals surface area contributed by atoms with Gasteiger partial charge in [0, 0.05) is 7.11 Å². The molecule has 0 radical (unpaired) electrons. The van der Waals surface area contributed by atoms with Gasteiger partial charge in [0.1, 0.15) is 0 Å². The molecule has 1 unspecified atom stereocenters. The maximum atomic E-state index is 10.5. The standard InChI is InChI=1S/C12H16O3/c1-9(7-12(13)14)11-5-3-10(4-6-11)8-15-2/h3-6,9H,7-8H2,1-2H3,(H,13,14). The molecule has 1 aromatic carbocycles. The van der Waals surface area contributed by atoms with Crippen LogP contribution in [0.3, 0.4) is 0 Å². The van der Waals surface area contributed by atoms with Gasteiger partial charge in [-0.05, 0) is 17.0 Å². The Bertz CT molecular complexity index is 316. The van der Waals surface area contributed by atoms with Crippen LogP contribution in [0.25, 0.3) is 0 Å². The molecule has 0 fully saturated rings. The summed E-state index contributed by atoms with van der Waals surface area (Å²) < 4.78 is 5.00. The summed E-state index contributed by atoms with van der Waals surface area (Å²) >= 11 is 0. The van der Waals surface area contributed by atoms with E-state index in [1.807, 2.05) is 31.2 Å². The summed E-state index contributed by atoms with van der Waals surface area (Å²) in [6, 6.07) is 7.86. The zero-order valence-electron chi connectivity index (χ0n) is 9.06. The van der Waals surface area contributed by atoms with Crippen molar-refractivity contribution < 1.29 is 14.6 Å². The number of carboxylic acid groups (broad SMARTS) is 1. The van der Waals surface area contributed by atoms with E-state index in [0.29, 0.717) is 6.61 Å². The van der Waals surface area contributed by atoms with Gasteiger partial charge < -0.3 is 9.84 Å². The van der Waals surface area contributed by atoms with Gasteiger partial charge in [-0.25, -0.2) is 0 Å². The molecule has 0 spiro atoms. The fourth-order valence-corrected chi connectivity index (χ4v) is 1.49. The lowest BCUT2D eigenvalue weighted by Gasteiger charge is -2.09. The Labute approximate surface area is 89.7 Å². The molecular weight excluding hydrogens is 192 g/mol. The summed E-state index contributed by atoms with van der Waals surface area (Å²) in [6.45, 7) is 2.51. The maximum Gasteiger partial charge on any atom is 0.303 e. The largest absolute Gasteiger partial charge is 0.481 e. The first-order valence-electron chi connectivity index (χ1n) is 4.93. The molecule has 0 heterocycles. The Hall–Kier alpha value is -1.35. The van der Waals surface area contributed by atoms with E-state index in [2.05, 4.69) is 0 Å². The first-order chi connectivity index (χ1) is 7.13. The van der Waals surface area contributed by atoms with Gasteiger partial charge in [-0.3, -0.25) is 4.79 Å². The first-order valence-corrected chi connectivity index (χ1v) is 4.93. The van der Waals surface area contributed by atoms with Crippen LogP contribution in [0.4, 0.5) is 0 Å². The van der Waals surface area contributed by atoms with Crippen LogP contribution in [-0.2, 0) is 16.1 Å². The van der Waals surface area contributed by atoms with Crippen molar-refractivity contribution in [2.75, 3.05) is 7.11 Å². The van der Waals surface area contributed by atoms with E-state index in [-0.39, 0.29) is 12.3 Å². The van der Waals surface area contributed by atoms with Crippen LogP contribution in [0.2, 0.25) is 0 Å². The van der Waals surface area contributed by atoms with Crippen molar-refractivity contribution >= 4 is 5.97 Å². The van der Waals surface area contributed by atoms with Crippen LogP contribution < -0.4 is 0 Å². The highest BCUT2D eigenvalue weighted by atomic mass is 16.5. The lowest BCUT2D eigenvalue weighted by Crippen LogP contribution is -2.02. The van der Waals surface area contributed by atoms with Gasteiger partial charge in [0.2, 0.25) is 0 Å². The van der Waals surface area contributed by atoms with Crippen molar-refractivity contribution in [1.82, 2.24) is 0 Å². The van der Waals surface area contributed by atoms with E-state index >= 15 is 0 Å². The van der Waals surface area contributed by atoms with Gasteiger partial charge in [-0.2, -0.15) is 0 Å². The molecule has 1 atom stereocenters. The van der Waals surface area contributed by atoms with Gasteiger partial charge in [0.15, 0.2) is 0 Å². The molecule has 3 heteroatoms. The predicted octanol–water partition coefficient (Wildman–Crippen LogP) is 2.41. The minimum absolute atomic E-state index is 0.0547. The Morgan fingerprint density at radius 2 is 2.00 bits per heavy atom. The molecule has 1 aromatic rings. The third-order valence-electron chi connectivity index (χ3n) is 2.34. The van der Waals surface area contributed by atoms with Crippen LogP contribution in [-0.4, -0.2) is 18.2 Å². The second kappa shape index (κ2) is 5.51. The number of benzene rings is 1. The third kappa shape index (κ3) is 3.72. The highest BCUT2D eigenvalue weighted by Crippen LogP contribution is 2.19. The van der Waals surface area contributed by atoms with E-state index in [1.54, 1.807) is 7.11 Å². The summed E-state index contributed by atoms with van der Waals surface area (Å²) in [5.74, 6) is -0.706. The van der Waals surface area contributed by atoms with Crippen molar-refractivity contribution in [3.63, 3.8) is 0 Å². The second-order valence-electron chi connectivity index (χ2n) is 3.67. The summed E-state index contributed by atoms with van der Waals surface area (Å²) in [5, 5.41) is 8.66. The average Bonchev–Trinajstić information content (AvgIpc) is 2.18. The Balaban J connectivity index is 2.66. The minimum atomic E-state index is -0.761. The van der Waals surface area contributed by atoms with Gasteiger partial charge >= 0.3 is 5.97 Å². The predicted molar refractivity (Wildman–Crippen MR) is 57.8 cm³/mol. The van der Waals surface area contributed by atoms with Crippen LogP contribution >= 0.6 is 0 Å². The lowest BCUT2D eigenvalue weighted by atomic mass is 9.97. The van der Waals surface area contributed by atoms with Gasteiger partial charge in [-0.15, -0.1) is 0 Å². The number of ether oxygens (including phenoxy) is 1. The number of aliphatic carboxylic acids is 1. The number of carbonyl (C=O) groups is 1. The van der Waals surface area contributed by atoms with E-state index in [4.69, 9.17) is 9.84 Å². The molecule has 1 rings (SSSR count). The molecule has 0 aliphatic carbocycles. The van der Waals surface area contributed by atoms with Crippen LogP contribution in [0.5, 0.6) is 0 Å². The minimum Gasteiger partial charge on any atom is -0.481 e. The second-order valence-corrected chi connectivity index (χ2v) is 3.67. The number of hydrogen-bond donors (Lipinski definition) is 1. The molecule has 1 N–H and O–H groups in total. The van der Waals surface area contributed by atoms with E-state index in [1.165, 1.54) is 0 Å². The molecule has 0 amide bonds. The highest BCUT2D eigenvalue weighted by Gasteiger charge is 2.09. The Morgan fingerprint density at radius 1 is 1.40 bits per heavy atom.